The molecule has 0 amide bonds. The number of nitrogens with one attached hydrogen (secondary N) is 1. The molecule has 20 heavy (non-hydrogen) atoms. The van der Waals surface area contributed by atoms with Crippen LogP contribution < -0.4 is 5.32 Å². The SMILES string of the molecule is CCCCN(CC1(CNC(C)C)CCCCC1)C1CC1. The largest absolute Gasteiger partial charge is 0.314 e. The van der Waals surface area contributed by atoms with Crippen molar-refractivity contribution in [1.29, 1.82) is 0 Å². The van der Waals surface area contributed by atoms with Gasteiger partial charge in [0.05, 0.1) is 0 Å². The van der Waals surface area contributed by atoms with Gasteiger partial charge in [-0.1, -0.05) is 46.5 Å². The Balaban J connectivity index is 1.93. The lowest BCUT2D eigenvalue weighted by Gasteiger charge is -2.42. The molecule has 0 unspecified atom stereocenters. The second-order valence-electron chi connectivity index (χ2n) is 7.65. The van der Waals surface area contributed by atoms with Crippen LogP contribution in [0.2, 0.25) is 0 Å². The van der Waals surface area contributed by atoms with Crippen molar-refractivity contribution in [2.75, 3.05) is 19.6 Å². The first-order valence-corrected chi connectivity index (χ1v) is 9.13. The molecule has 0 saturated heterocycles. The monoisotopic (exact) mass is 280 g/mol. The van der Waals surface area contributed by atoms with E-state index >= 15 is 0 Å². The van der Waals surface area contributed by atoms with E-state index in [1.54, 1.807) is 0 Å². The highest BCUT2D eigenvalue weighted by atomic mass is 15.2. The first kappa shape index (κ1) is 16.3. The highest BCUT2D eigenvalue weighted by Gasteiger charge is 2.38. The molecule has 0 bridgehead atoms. The van der Waals surface area contributed by atoms with Gasteiger partial charge in [-0.15, -0.1) is 0 Å². The third kappa shape index (κ3) is 5.04. The zero-order valence-electron chi connectivity index (χ0n) is 14.1. The fourth-order valence-electron chi connectivity index (χ4n) is 3.74. The average Bonchev–Trinajstić information content (AvgIpc) is 3.27. The van der Waals surface area contributed by atoms with Crippen molar-refractivity contribution in [2.24, 2.45) is 5.41 Å². The molecule has 118 valence electrons. The lowest BCUT2D eigenvalue weighted by Crippen LogP contribution is -2.47. The summed E-state index contributed by atoms with van der Waals surface area (Å²) in [7, 11) is 0. The van der Waals surface area contributed by atoms with Gasteiger partial charge in [0.2, 0.25) is 0 Å². The topological polar surface area (TPSA) is 15.3 Å². The fourth-order valence-corrected chi connectivity index (χ4v) is 3.74. The summed E-state index contributed by atoms with van der Waals surface area (Å²) in [5, 5.41) is 3.75. The Morgan fingerprint density at radius 3 is 2.40 bits per heavy atom. The quantitative estimate of drug-likeness (QED) is 0.681. The minimum absolute atomic E-state index is 0.568. The Bertz CT molecular complexity index is 265. The number of nitrogens with zero attached hydrogens (tertiary/aromatic N) is 1. The summed E-state index contributed by atoms with van der Waals surface area (Å²) in [6, 6.07) is 1.55. The molecule has 2 heteroatoms. The van der Waals surface area contributed by atoms with Gasteiger partial charge in [-0.05, 0) is 44.1 Å². The van der Waals surface area contributed by atoms with E-state index in [1.807, 2.05) is 0 Å². The molecule has 2 aliphatic rings. The first-order chi connectivity index (χ1) is 9.65. The molecular formula is C18H36N2. The van der Waals surface area contributed by atoms with Crippen LogP contribution in [0, 0.1) is 5.41 Å². The van der Waals surface area contributed by atoms with Crippen molar-refractivity contribution < 1.29 is 0 Å². The first-order valence-electron chi connectivity index (χ1n) is 9.13. The van der Waals surface area contributed by atoms with E-state index in [-0.39, 0.29) is 0 Å². The van der Waals surface area contributed by atoms with Crippen molar-refractivity contribution in [1.82, 2.24) is 10.2 Å². The molecule has 0 aliphatic heterocycles. The summed E-state index contributed by atoms with van der Waals surface area (Å²) in [6.45, 7) is 10.8. The molecule has 0 radical (unpaired) electrons. The summed E-state index contributed by atoms with van der Waals surface area (Å²) in [5.74, 6) is 0. The number of rotatable bonds is 9. The maximum absolute atomic E-state index is 3.75. The molecule has 0 aromatic carbocycles. The molecule has 0 spiro atoms. The van der Waals surface area contributed by atoms with Crippen molar-refractivity contribution in [3.63, 3.8) is 0 Å². The summed E-state index contributed by atoms with van der Waals surface area (Å²) in [4.78, 5) is 2.84. The highest BCUT2D eigenvalue weighted by Crippen LogP contribution is 2.39. The fraction of sp³-hybridized carbons (Fsp3) is 1.00. The van der Waals surface area contributed by atoms with Gasteiger partial charge in [0.15, 0.2) is 0 Å². The van der Waals surface area contributed by atoms with E-state index in [4.69, 9.17) is 0 Å². The van der Waals surface area contributed by atoms with Crippen LogP contribution in [-0.2, 0) is 0 Å². The van der Waals surface area contributed by atoms with Gasteiger partial charge in [0.1, 0.15) is 0 Å². The summed E-state index contributed by atoms with van der Waals surface area (Å²) < 4.78 is 0. The number of hydrogen-bond acceptors (Lipinski definition) is 2. The maximum Gasteiger partial charge on any atom is 0.00966 e. The standard InChI is InChI=1S/C18H36N2/c1-4-5-13-20(17-9-10-17)15-18(14-19-16(2)3)11-7-6-8-12-18/h16-17,19H,4-15H2,1-3H3. The summed E-state index contributed by atoms with van der Waals surface area (Å²) in [5.41, 5.74) is 0.568. The minimum Gasteiger partial charge on any atom is -0.314 e. The van der Waals surface area contributed by atoms with Gasteiger partial charge >= 0.3 is 0 Å². The molecule has 0 atom stereocenters. The van der Waals surface area contributed by atoms with Crippen LogP contribution in [0.4, 0.5) is 0 Å². The van der Waals surface area contributed by atoms with Crippen LogP contribution in [0.15, 0.2) is 0 Å². The average molecular weight is 280 g/mol. The molecule has 2 saturated carbocycles. The zero-order chi connectivity index (χ0) is 14.4. The van der Waals surface area contributed by atoms with E-state index in [0.29, 0.717) is 11.5 Å². The predicted octanol–water partition coefficient (Wildman–Crippen LogP) is 4.20. The molecular weight excluding hydrogens is 244 g/mol. The van der Waals surface area contributed by atoms with Crippen LogP contribution in [0.1, 0.15) is 78.6 Å². The van der Waals surface area contributed by atoms with Crippen LogP contribution in [-0.4, -0.2) is 36.6 Å². The van der Waals surface area contributed by atoms with Crippen LogP contribution in [0.3, 0.4) is 0 Å². The smallest absolute Gasteiger partial charge is 0.00966 e. The van der Waals surface area contributed by atoms with E-state index in [1.165, 1.54) is 77.4 Å². The van der Waals surface area contributed by atoms with Gasteiger partial charge < -0.3 is 5.32 Å². The van der Waals surface area contributed by atoms with E-state index in [2.05, 4.69) is 31.0 Å². The Hall–Kier alpha value is -0.0800. The zero-order valence-corrected chi connectivity index (χ0v) is 14.1. The van der Waals surface area contributed by atoms with E-state index in [0.717, 1.165) is 6.04 Å². The lowest BCUT2D eigenvalue weighted by molar-refractivity contribution is 0.0941. The van der Waals surface area contributed by atoms with Crippen LogP contribution in [0.25, 0.3) is 0 Å². The normalized spacial score (nSPS) is 22.6. The van der Waals surface area contributed by atoms with Crippen LogP contribution in [0.5, 0.6) is 0 Å². The van der Waals surface area contributed by atoms with Crippen LogP contribution >= 0.6 is 0 Å². The van der Waals surface area contributed by atoms with Crippen molar-refractivity contribution in [2.45, 2.75) is 90.6 Å². The summed E-state index contributed by atoms with van der Waals surface area (Å²) in [6.07, 6.45) is 12.9. The highest BCUT2D eigenvalue weighted by molar-refractivity contribution is 4.93. The van der Waals surface area contributed by atoms with Gasteiger partial charge in [0, 0.05) is 25.2 Å². The molecule has 2 rings (SSSR count). The van der Waals surface area contributed by atoms with Crippen molar-refractivity contribution in [3.05, 3.63) is 0 Å². The van der Waals surface area contributed by atoms with Gasteiger partial charge in [-0.2, -0.15) is 0 Å². The van der Waals surface area contributed by atoms with Gasteiger partial charge in [-0.3, -0.25) is 4.90 Å². The van der Waals surface area contributed by atoms with Gasteiger partial charge in [0.25, 0.3) is 0 Å². The molecule has 2 fully saturated rings. The predicted molar refractivity (Wildman–Crippen MR) is 88.2 cm³/mol. The molecule has 0 aromatic heterocycles. The Labute approximate surface area is 126 Å². The molecule has 2 nitrogen and oxygen atoms in total. The lowest BCUT2D eigenvalue weighted by atomic mass is 9.73. The van der Waals surface area contributed by atoms with Gasteiger partial charge in [-0.25, -0.2) is 0 Å². The Kier molecular flexibility index (Phi) is 6.35. The van der Waals surface area contributed by atoms with E-state index < -0.39 is 0 Å². The Morgan fingerprint density at radius 1 is 1.15 bits per heavy atom. The third-order valence-corrected chi connectivity index (χ3v) is 5.20. The molecule has 0 aromatic rings. The second kappa shape index (κ2) is 7.79. The van der Waals surface area contributed by atoms with E-state index in [9.17, 15) is 0 Å². The number of unbranched alkanes of at least 4 members (excludes halogenated alkanes) is 1. The second-order valence-corrected chi connectivity index (χ2v) is 7.65. The minimum atomic E-state index is 0.568. The molecule has 1 N–H and O–H groups in total. The third-order valence-electron chi connectivity index (χ3n) is 5.20. The maximum atomic E-state index is 3.75. The molecule has 0 heterocycles. The van der Waals surface area contributed by atoms with Crippen molar-refractivity contribution >= 4 is 0 Å². The molecule has 2 aliphatic carbocycles. The number of hydrogen-bond donors (Lipinski definition) is 1. The Morgan fingerprint density at radius 2 is 1.85 bits per heavy atom. The van der Waals surface area contributed by atoms with Crippen molar-refractivity contribution in [3.8, 4) is 0 Å². The summed E-state index contributed by atoms with van der Waals surface area (Å²) >= 11 is 0.